The monoisotopic (exact) mass is 255 g/mol. The first-order valence-electron chi connectivity index (χ1n) is 5.53. The predicted molar refractivity (Wildman–Crippen MR) is 65.6 cm³/mol. The largest absolute Gasteiger partial charge is 0.489 e. The molecule has 1 aliphatic heterocycles. The second kappa shape index (κ2) is 5.27. The van der Waals surface area contributed by atoms with Crippen molar-refractivity contribution >= 4 is 23.3 Å². The van der Waals surface area contributed by atoms with Gasteiger partial charge in [0.2, 0.25) is 0 Å². The smallest absolute Gasteiger partial charge is 0.307 e. The molecule has 1 atom stereocenters. The second-order valence-corrected chi connectivity index (χ2v) is 4.24. The van der Waals surface area contributed by atoms with E-state index < -0.39 is 0 Å². The number of carbonyl (C=O) groups is 1. The topological polar surface area (TPSA) is 47.6 Å². The van der Waals surface area contributed by atoms with Crippen molar-refractivity contribution in [2.45, 2.75) is 19.4 Å². The molecule has 0 unspecified atom stereocenters. The highest BCUT2D eigenvalue weighted by molar-refractivity contribution is 6.30. The molecule has 4 nitrogen and oxygen atoms in total. The summed E-state index contributed by atoms with van der Waals surface area (Å²) in [7, 11) is 0. The van der Waals surface area contributed by atoms with Crippen molar-refractivity contribution in [3.8, 4) is 5.75 Å². The van der Waals surface area contributed by atoms with Gasteiger partial charge in [-0.1, -0.05) is 11.6 Å². The number of fused-ring (bicyclic) bond motifs is 1. The van der Waals surface area contributed by atoms with Gasteiger partial charge in [0.15, 0.2) is 0 Å². The number of halogens is 1. The Morgan fingerprint density at radius 2 is 2.47 bits per heavy atom. The molecule has 0 radical (unpaired) electrons. The highest BCUT2D eigenvalue weighted by atomic mass is 35.5. The molecule has 1 heterocycles. The summed E-state index contributed by atoms with van der Waals surface area (Å²) in [6.45, 7) is 2.64. The van der Waals surface area contributed by atoms with Gasteiger partial charge in [0.05, 0.1) is 24.8 Å². The van der Waals surface area contributed by atoms with Gasteiger partial charge in [0.25, 0.3) is 0 Å². The molecule has 0 aliphatic carbocycles. The predicted octanol–water partition coefficient (Wildman–Crippen LogP) is 2.47. The molecule has 1 aliphatic rings. The fourth-order valence-corrected chi connectivity index (χ4v) is 1.90. The number of anilines is 1. The van der Waals surface area contributed by atoms with Gasteiger partial charge in [-0.2, -0.15) is 0 Å². The van der Waals surface area contributed by atoms with Crippen molar-refractivity contribution in [2.75, 3.05) is 18.5 Å². The van der Waals surface area contributed by atoms with Crippen molar-refractivity contribution in [3.05, 3.63) is 23.2 Å². The van der Waals surface area contributed by atoms with E-state index >= 15 is 0 Å². The van der Waals surface area contributed by atoms with Crippen LogP contribution in [0.15, 0.2) is 18.2 Å². The summed E-state index contributed by atoms with van der Waals surface area (Å²) in [5.41, 5.74) is 0.818. The fourth-order valence-electron chi connectivity index (χ4n) is 1.72. The molecule has 1 aromatic carbocycles. The van der Waals surface area contributed by atoms with Gasteiger partial charge in [-0.3, -0.25) is 4.79 Å². The average molecular weight is 256 g/mol. The molecule has 1 aromatic rings. The van der Waals surface area contributed by atoms with Gasteiger partial charge in [0, 0.05) is 5.02 Å². The van der Waals surface area contributed by atoms with Gasteiger partial charge in [-0.15, -0.1) is 0 Å². The number of benzene rings is 1. The maximum Gasteiger partial charge on any atom is 0.307 e. The van der Waals surface area contributed by atoms with Crippen LogP contribution in [0.2, 0.25) is 5.02 Å². The molecule has 0 bridgehead atoms. The molecule has 0 aromatic heterocycles. The van der Waals surface area contributed by atoms with Gasteiger partial charge in [0.1, 0.15) is 12.4 Å². The number of hydrogen-bond donors (Lipinski definition) is 1. The molecule has 0 fully saturated rings. The van der Waals surface area contributed by atoms with E-state index in [-0.39, 0.29) is 12.0 Å². The van der Waals surface area contributed by atoms with Gasteiger partial charge in [-0.25, -0.2) is 0 Å². The van der Waals surface area contributed by atoms with E-state index in [1.54, 1.807) is 19.1 Å². The molecular weight excluding hydrogens is 242 g/mol. The third-order valence-electron chi connectivity index (χ3n) is 2.46. The van der Waals surface area contributed by atoms with E-state index in [4.69, 9.17) is 21.1 Å². The number of nitrogens with one attached hydrogen (secondary N) is 1. The minimum atomic E-state index is -0.223. The molecular formula is C12H14ClNO3. The minimum absolute atomic E-state index is 0.0694. The number of carbonyl (C=O) groups excluding carboxylic acids is 1. The molecule has 2 rings (SSSR count). The Morgan fingerprint density at radius 3 is 3.24 bits per heavy atom. The van der Waals surface area contributed by atoms with Crippen molar-refractivity contribution in [3.63, 3.8) is 0 Å². The van der Waals surface area contributed by atoms with Gasteiger partial charge in [-0.05, 0) is 25.1 Å². The standard InChI is InChI=1S/C12H14ClNO3/c1-2-16-12(15)6-9-7-17-11-4-3-8(13)5-10(11)14-9/h3-5,9,14H,2,6-7H2,1H3/t9-/m0/s1. The lowest BCUT2D eigenvalue weighted by atomic mass is 10.1. The SMILES string of the molecule is CCOC(=O)C[C@H]1COc2ccc(Cl)cc2N1. The summed E-state index contributed by atoms with van der Waals surface area (Å²) in [5, 5.41) is 3.85. The van der Waals surface area contributed by atoms with Crippen LogP contribution in [0.4, 0.5) is 5.69 Å². The van der Waals surface area contributed by atoms with Crippen LogP contribution in [0.25, 0.3) is 0 Å². The number of hydrogen-bond acceptors (Lipinski definition) is 4. The van der Waals surface area contributed by atoms with E-state index in [1.807, 2.05) is 6.07 Å². The fraction of sp³-hybridized carbons (Fsp3) is 0.417. The molecule has 0 saturated carbocycles. The number of rotatable bonds is 3. The summed E-state index contributed by atoms with van der Waals surface area (Å²) < 4.78 is 10.4. The van der Waals surface area contributed by atoms with Crippen LogP contribution in [-0.4, -0.2) is 25.2 Å². The summed E-state index contributed by atoms with van der Waals surface area (Å²) in [5.74, 6) is 0.536. The Balaban J connectivity index is 2.00. The highest BCUT2D eigenvalue weighted by Gasteiger charge is 2.21. The molecule has 92 valence electrons. The van der Waals surface area contributed by atoms with E-state index in [2.05, 4.69) is 5.32 Å². The van der Waals surface area contributed by atoms with Crippen LogP contribution in [0.3, 0.4) is 0 Å². The van der Waals surface area contributed by atoms with Crippen LogP contribution in [0.1, 0.15) is 13.3 Å². The second-order valence-electron chi connectivity index (χ2n) is 3.80. The molecule has 17 heavy (non-hydrogen) atoms. The van der Waals surface area contributed by atoms with Gasteiger partial charge >= 0.3 is 5.97 Å². The van der Waals surface area contributed by atoms with Crippen LogP contribution in [-0.2, 0) is 9.53 Å². The molecule has 0 spiro atoms. The van der Waals surface area contributed by atoms with Crippen molar-refractivity contribution in [1.29, 1.82) is 0 Å². The van der Waals surface area contributed by atoms with E-state index in [1.165, 1.54) is 0 Å². The van der Waals surface area contributed by atoms with E-state index in [9.17, 15) is 4.79 Å². The first-order chi connectivity index (χ1) is 8.19. The van der Waals surface area contributed by atoms with Crippen LogP contribution in [0, 0.1) is 0 Å². The summed E-state index contributed by atoms with van der Waals surface area (Å²) in [6.07, 6.45) is 0.291. The number of ether oxygens (including phenoxy) is 2. The van der Waals surface area contributed by atoms with E-state index in [0.717, 1.165) is 11.4 Å². The molecule has 5 heteroatoms. The lowest BCUT2D eigenvalue weighted by molar-refractivity contribution is -0.143. The average Bonchev–Trinajstić information content (AvgIpc) is 2.28. The third-order valence-corrected chi connectivity index (χ3v) is 2.69. The zero-order valence-electron chi connectivity index (χ0n) is 9.53. The Kier molecular flexibility index (Phi) is 3.74. The first kappa shape index (κ1) is 12.0. The highest BCUT2D eigenvalue weighted by Crippen LogP contribution is 2.31. The maximum atomic E-state index is 11.3. The van der Waals surface area contributed by atoms with Crippen LogP contribution in [0.5, 0.6) is 5.75 Å². The summed E-state index contributed by atoms with van der Waals surface area (Å²) in [4.78, 5) is 11.3. The molecule has 1 N–H and O–H groups in total. The van der Waals surface area contributed by atoms with Crippen LogP contribution >= 0.6 is 11.6 Å². The maximum absolute atomic E-state index is 11.3. The Bertz CT molecular complexity index is 422. The third kappa shape index (κ3) is 3.03. The molecule has 0 amide bonds. The van der Waals surface area contributed by atoms with Crippen molar-refractivity contribution in [2.24, 2.45) is 0 Å². The summed E-state index contributed by atoms with van der Waals surface area (Å²) >= 11 is 5.89. The van der Waals surface area contributed by atoms with E-state index in [0.29, 0.717) is 24.7 Å². The normalized spacial score (nSPS) is 17.6. The summed E-state index contributed by atoms with van der Waals surface area (Å²) in [6, 6.07) is 5.30. The zero-order chi connectivity index (χ0) is 12.3. The van der Waals surface area contributed by atoms with Crippen LogP contribution < -0.4 is 10.1 Å². The number of esters is 1. The zero-order valence-corrected chi connectivity index (χ0v) is 10.3. The quantitative estimate of drug-likeness (QED) is 0.843. The Hall–Kier alpha value is -1.42. The van der Waals surface area contributed by atoms with Gasteiger partial charge < -0.3 is 14.8 Å². The lowest BCUT2D eigenvalue weighted by Crippen LogP contribution is -2.33. The van der Waals surface area contributed by atoms with Crippen molar-refractivity contribution < 1.29 is 14.3 Å². The first-order valence-corrected chi connectivity index (χ1v) is 5.91. The van der Waals surface area contributed by atoms with Crippen molar-refractivity contribution in [1.82, 2.24) is 0 Å². The minimum Gasteiger partial charge on any atom is -0.489 e. The Labute approximate surface area is 105 Å². The molecule has 0 saturated heterocycles. The lowest BCUT2D eigenvalue weighted by Gasteiger charge is -2.26. The Morgan fingerprint density at radius 1 is 1.65 bits per heavy atom.